The lowest BCUT2D eigenvalue weighted by molar-refractivity contribution is 0.639. The van der Waals surface area contributed by atoms with Crippen LogP contribution in [0.15, 0.2) is 18.2 Å². The molecule has 2 aromatic heterocycles. The number of halogens is 2. The van der Waals surface area contributed by atoms with E-state index in [2.05, 4.69) is 21.5 Å². The third kappa shape index (κ3) is 2.56. The molecule has 3 rings (SSSR count). The molecule has 0 amide bonds. The van der Waals surface area contributed by atoms with Crippen LogP contribution in [0.25, 0.3) is 11.0 Å². The minimum atomic E-state index is 0.133. The number of aryl methyl sites for hydroxylation is 2. The van der Waals surface area contributed by atoms with Crippen molar-refractivity contribution in [2.24, 2.45) is 0 Å². The van der Waals surface area contributed by atoms with Gasteiger partial charge >= 0.3 is 0 Å². The third-order valence-corrected chi connectivity index (χ3v) is 5.27. The first kappa shape index (κ1) is 14.8. The predicted octanol–water partition coefficient (Wildman–Crippen LogP) is 5.11. The van der Waals surface area contributed by atoms with Crippen LogP contribution in [-0.2, 0) is 5.88 Å². The first-order valence-corrected chi connectivity index (χ1v) is 8.40. The normalized spacial score (nSPS) is 13.0. The molecule has 0 N–H and O–H groups in total. The molecule has 1 aromatic carbocycles. The van der Waals surface area contributed by atoms with Crippen LogP contribution in [0.3, 0.4) is 0 Å². The first-order chi connectivity index (χ1) is 10.0. The molecule has 0 saturated heterocycles. The molecule has 2 heterocycles. The highest BCUT2D eigenvalue weighted by Crippen LogP contribution is 2.32. The minimum absolute atomic E-state index is 0.133. The Labute approximate surface area is 137 Å². The fourth-order valence-corrected chi connectivity index (χ4v) is 4.02. The van der Waals surface area contributed by atoms with Crippen molar-refractivity contribution in [2.75, 3.05) is 0 Å². The smallest absolute Gasteiger partial charge is 0.125 e. The van der Waals surface area contributed by atoms with Crippen molar-refractivity contribution in [1.82, 2.24) is 14.5 Å². The van der Waals surface area contributed by atoms with Gasteiger partial charge in [-0.1, -0.05) is 11.6 Å². The van der Waals surface area contributed by atoms with E-state index in [1.54, 1.807) is 11.3 Å². The van der Waals surface area contributed by atoms with E-state index in [1.807, 2.05) is 32.0 Å². The summed E-state index contributed by atoms with van der Waals surface area (Å²) in [6, 6.07) is 5.86. The summed E-state index contributed by atoms with van der Waals surface area (Å²) >= 11 is 14.0. The highest BCUT2D eigenvalue weighted by Gasteiger charge is 2.20. The molecule has 0 spiro atoms. The first-order valence-electron chi connectivity index (χ1n) is 6.67. The molecular weight excluding hydrogens is 325 g/mol. The molecule has 0 bridgehead atoms. The third-order valence-electron chi connectivity index (χ3n) is 3.55. The summed E-state index contributed by atoms with van der Waals surface area (Å²) in [7, 11) is 0. The van der Waals surface area contributed by atoms with Gasteiger partial charge < -0.3 is 4.57 Å². The number of alkyl halides is 1. The molecule has 3 nitrogen and oxygen atoms in total. The van der Waals surface area contributed by atoms with Crippen molar-refractivity contribution in [2.45, 2.75) is 32.7 Å². The van der Waals surface area contributed by atoms with Gasteiger partial charge in [0.05, 0.1) is 38.5 Å². The van der Waals surface area contributed by atoms with Gasteiger partial charge in [0.2, 0.25) is 0 Å². The fourth-order valence-electron chi connectivity index (χ4n) is 2.69. The van der Waals surface area contributed by atoms with E-state index in [-0.39, 0.29) is 6.04 Å². The second kappa shape index (κ2) is 5.59. The summed E-state index contributed by atoms with van der Waals surface area (Å²) in [5.41, 5.74) is 2.99. The van der Waals surface area contributed by atoms with Gasteiger partial charge in [-0.3, -0.25) is 0 Å². The highest BCUT2D eigenvalue weighted by atomic mass is 35.5. The molecule has 0 aliphatic carbocycles. The highest BCUT2D eigenvalue weighted by molar-refractivity contribution is 7.11. The summed E-state index contributed by atoms with van der Waals surface area (Å²) in [6.45, 7) is 6.22. The number of imidazole rings is 1. The van der Waals surface area contributed by atoms with E-state index < -0.39 is 0 Å². The van der Waals surface area contributed by atoms with Crippen LogP contribution in [0.4, 0.5) is 0 Å². The number of benzene rings is 1. The number of rotatable bonds is 3. The maximum Gasteiger partial charge on any atom is 0.125 e. The Bertz CT molecular complexity index is 807. The Morgan fingerprint density at radius 2 is 2.05 bits per heavy atom. The van der Waals surface area contributed by atoms with Gasteiger partial charge in [-0.25, -0.2) is 9.97 Å². The van der Waals surface area contributed by atoms with Crippen molar-refractivity contribution >= 4 is 45.6 Å². The number of fused-ring (bicyclic) bond motifs is 1. The fraction of sp³-hybridized carbons (Fsp3) is 0.333. The summed E-state index contributed by atoms with van der Waals surface area (Å²) in [6.07, 6.45) is 0. The van der Waals surface area contributed by atoms with Gasteiger partial charge in [0.15, 0.2) is 0 Å². The van der Waals surface area contributed by atoms with Gasteiger partial charge in [0, 0.05) is 5.02 Å². The second-order valence-electron chi connectivity index (χ2n) is 5.02. The zero-order valence-electron chi connectivity index (χ0n) is 12.0. The predicted molar refractivity (Wildman–Crippen MR) is 89.7 cm³/mol. The maximum atomic E-state index is 6.15. The number of hydrogen-bond donors (Lipinski definition) is 0. The van der Waals surface area contributed by atoms with Gasteiger partial charge in [-0.2, -0.15) is 0 Å². The zero-order valence-corrected chi connectivity index (χ0v) is 14.4. The molecular formula is C15H15Cl2N3S. The number of nitrogens with zero attached hydrogens (tertiary/aromatic N) is 3. The quantitative estimate of drug-likeness (QED) is 0.620. The van der Waals surface area contributed by atoms with E-state index in [4.69, 9.17) is 23.2 Å². The molecule has 3 aromatic rings. The van der Waals surface area contributed by atoms with E-state index >= 15 is 0 Å². The van der Waals surface area contributed by atoms with Gasteiger partial charge in [0.25, 0.3) is 0 Å². The lowest BCUT2D eigenvalue weighted by Crippen LogP contribution is -2.09. The summed E-state index contributed by atoms with van der Waals surface area (Å²) < 4.78 is 2.16. The molecule has 1 atom stereocenters. The summed E-state index contributed by atoms with van der Waals surface area (Å²) in [4.78, 5) is 10.4. The Hall–Kier alpha value is -1.10. The lowest BCUT2D eigenvalue weighted by Gasteiger charge is -2.16. The summed E-state index contributed by atoms with van der Waals surface area (Å²) in [5, 5.41) is 1.78. The van der Waals surface area contributed by atoms with Crippen molar-refractivity contribution in [1.29, 1.82) is 0 Å². The Morgan fingerprint density at radius 3 is 2.67 bits per heavy atom. The Kier molecular flexibility index (Phi) is 3.95. The number of hydrogen-bond acceptors (Lipinski definition) is 3. The molecule has 21 heavy (non-hydrogen) atoms. The van der Waals surface area contributed by atoms with E-state index in [0.29, 0.717) is 10.9 Å². The average Bonchev–Trinajstić information content (AvgIpc) is 2.97. The van der Waals surface area contributed by atoms with Gasteiger partial charge in [-0.15, -0.1) is 22.9 Å². The second-order valence-corrected chi connectivity index (χ2v) is 6.96. The van der Waals surface area contributed by atoms with Crippen molar-refractivity contribution in [3.63, 3.8) is 0 Å². The molecule has 1 unspecified atom stereocenters. The van der Waals surface area contributed by atoms with Crippen LogP contribution in [0, 0.1) is 13.8 Å². The largest absolute Gasteiger partial charge is 0.319 e. The molecule has 0 saturated carbocycles. The van der Waals surface area contributed by atoms with Crippen molar-refractivity contribution in [3.05, 3.63) is 44.6 Å². The van der Waals surface area contributed by atoms with E-state index in [1.165, 1.54) is 4.88 Å². The van der Waals surface area contributed by atoms with Gasteiger partial charge in [-0.05, 0) is 39.0 Å². The average molecular weight is 340 g/mol. The van der Waals surface area contributed by atoms with Crippen molar-refractivity contribution in [3.8, 4) is 0 Å². The number of aromatic nitrogens is 3. The van der Waals surface area contributed by atoms with Crippen molar-refractivity contribution < 1.29 is 0 Å². The Balaban J connectivity index is 2.22. The molecule has 0 radical (unpaired) electrons. The van der Waals surface area contributed by atoms with Crippen LogP contribution in [-0.4, -0.2) is 14.5 Å². The molecule has 110 valence electrons. The minimum Gasteiger partial charge on any atom is -0.319 e. The van der Waals surface area contributed by atoms with Crippen LogP contribution < -0.4 is 0 Å². The maximum absolute atomic E-state index is 6.15. The van der Waals surface area contributed by atoms with Crippen LogP contribution in [0.2, 0.25) is 5.02 Å². The van der Waals surface area contributed by atoms with Crippen LogP contribution >= 0.6 is 34.5 Å². The van der Waals surface area contributed by atoms with E-state index in [9.17, 15) is 0 Å². The summed E-state index contributed by atoms with van der Waals surface area (Å²) in [5.74, 6) is 1.22. The Morgan fingerprint density at radius 1 is 1.29 bits per heavy atom. The zero-order chi connectivity index (χ0) is 15.1. The van der Waals surface area contributed by atoms with E-state index in [0.717, 1.165) is 27.6 Å². The molecule has 0 aliphatic heterocycles. The molecule has 0 fully saturated rings. The number of thiazole rings is 1. The molecule has 6 heteroatoms. The topological polar surface area (TPSA) is 30.7 Å². The van der Waals surface area contributed by atoms with Crippen LogP contribution in [0.5, 0.6) is 0 Å². The van der Waals surface area contributed by atoms with Crippen LogP contribution in [0.1, 0.15) is 34.4 Å². The van der Waals surface area contributed by atoms with Gasteiger partial charge in [0.1, 0.15) is 5.82 Å². The standard InChI is InChI=1S/C15H15Cl2N3S/c1-8-15(21-10(3)18-8)9(2)20-13-6-11(17)4-5-12(13)19-14(20)7-16/h4-6,9H,7H2,1-3H3. The SMILES string of the molecule is Cc1nc(C)c(C(C)n2c(CCl)nc3ccc(Cl)cc32)s1. The lowest BCUT2D eigenvalue weighted by atomic mass is 10.2. The molecule has 0 aliphatic rings. The monoisotopic (exact) mass is 339 g/mol.